The topological polar surface area (TPSA) is 46.6 Å². The summed E-state index contributed by atoms with van der Waals surface area (Å²) in [6, 6.07) is 16.2. The molecule has 0 fully saturated rings. The van der Waals surface area contributed by atoms with Gasteiger partial charge in [-0.15, -0.1) is 11.3 Å². The first kappa shape index (κ1) is 18.4. The summed E-state index contributed by atoms with van der Waals surface area (Å²) in [6.07, 6.45) is 2.80. The highest BCUT2D eigenvalue weighted by Gasteiger charge is 2.20. The maximum absolute atomic E-state index is 13.8. The van der Waals surface area contributed by atoms with E-state index in [0.29, 0.717) is 23.2 Å². The number of hydrogen-bond donors (Lipinski definition) is 0. The van der Waals surface area contributed by atoms with Crippen molar-refractivity contribution in [3.05, 3.63) is 76.9 Å². The molecule has 0 unspecified atom stereocenters. The van der Waals surface area contributed by atoms with Crippen LogP contribution in [0.2, 0.25) is 0 Å². The Bertz CT molecular complexity index is 1060. The second-order valence-corrected chi connectivity index (χ2v) is 7.61. The second kappa shape index (κ2) is 7.94. The quantitative estimate of drug-likeness (QED) is 0.611. The fraction of sp³-hybridized carbons (Fsp3) is 0.182. The molecule has 1 aliphatic heterocycles. The van der Waals surface area contributed by atoms with Gasteiger partial charge in [-0.3, -0.25) is 4.79 Å². The largest absolute Gasteiger partial charge is 0.451 e. The van der Waals surface area contributed by atoms with Crippen molar-refractivity contribution in [3.8, 4) is 0 Å². The van der Waals surface area contributed by atoms with E-state index in [4.69, 9.17) is 4.74 Å². The number of esters is 1. The molecule has 0 N–H and O–H groups in total. The average Bonchev–Trinajstić information content (AvgIpc) is 3.18. The molecule has 0 radical (unpaired) electrons. The summed E-state index contributed by atoms with van der Waals surface area (Å²) in [5.74, 6) is -1.21. The van der Waals surface area contributed by atoms with E-state index in [1.807, 2.05) is 24.3 Å². The van der Waals surface area contributed by atoms with E-state index >= 15 is 0 Å². The Morgan fingerprint density at radius 3 is 2.64 bits per heavy atom. The Morgan fingerprint density at radius 1 is 1.11 bits per heavy atom. The molecule has 142 valence electrons. The number of carbonyl (C=O) groups is 2. The lowest BCUT2D eigenvalue weighted by atomic mass is 10.00. The van der Waals surface area contributed by atoms with Crippen molar-refractivity contribution in [3.63, 3.8) is 0 Å². The molecule has 3 aromatic rings. The van der Waals surface area contributed by atoms with Gasteiger partial charge in [0.25, 0.3) is 5.91 Å². The number of nitrogens with zero attached hydrogens (tertiary/aromatic N) is 1. The van der Waals surface area contributed by atoms with Crippen LogP contribution < -0.4 is 0 Å². The zero-order valence-corrected chi connectivity index (χ0v) is 15.9. The standard InChI is InChI=1S/C22H18FNO3S/c23-18-7-4-8-19-17(18)13-20(28-19)22(26)27-14-21(25)24-11-9-16(10-12-24)15-5-2-1-3-6-15/h1-9,13H,10-12,14H2. The molecule has 0 atom stereocenters. The number of thiophene rings is 1. The predicted molar refractivity (Wildman–Crippen MR) is 108 cm³/mol. The molecule has 1 aromatic heterocycles. The van der Waals surface area contributed by atoms with Crippen LogP contribution in [0.4, 0.5) is 4.39 Å². The van der Waals surface area contributed by atoms with Gasteiger partial charge in [0.15, 0.2) is 6.61 Å². The zero-order valence-electron chi connectivity index (χ0n) is 15.1. The van der Waals surface area contributed by atoms with E-state index in [-0.39, 0.29) is 23.2 Å². The number of benzene rings is 2. The third kappa shape index (κ3) is 3.82. The van der Waals surface area contributed by atoms with Crippen LogP contribution in [-0.2, 0) is 9.53 Å². The minimum atomic E-state index is -0.605. The third-order valence-electron chi connectivity index (χ3n) is 4.74. The highest BCUT2D eigenvalue weighted by atomic mass is 32.1. The Balaban J connectivity index is 1.35. The van der Waals surface area contributed by atoms with Crippen LogP contribution in [0.1, 0.15) is 21.7 Å². The van der Waals surface area contributed by atoms with Gasteiger partial charge in [-0.05, 0) is 35.8 Å². The molecule has 0 saturated carbocycles. The normalized spacial score (nSPS) is 14.0. The average molecular weight is 395 g/mol. The SMILES string of the molecule is O=C(OCC(=O)N1CC=C(c2ccccc2)CC1)c1cc2c(F)cccc2s1. The minimum Gasteiger partial charge on any atom is -0.451 e. The van der Waals surface area contributed by atoms with Crippen molar-refractivity contribution in [2.75, 3.05) is 19.7 Å². The van der Waals surface area contributed by atoms with Gasteiger partial charge in [0, 0.05) is 23.2 Å². The van der Waals surface area contributed by atoms with Crippen LogP contribution in [0.15, 0.2) is 60.7 Å². The van der Waals surface area contributed by atoms with E-state index in [0.717, 1.165) is 23.3 Å². The number of amides is 1. The van der Waals surface area contributed by atoms with Gasteiger partial charge in [-0.25, -0.2) is 9.18 Å². The van der Waals surface area contributed by atoms with Gasteiger partial charge in [0.2, 0.25) is 0 Å². The maximum atomic E-state index is 13.8. The van der Waals surface area contributed by atoms with E-state index in [1.165, 1.54) is 17.7 Å². The summed E-state index contributed by atoms with van der Waals surface area (Å²) in [5, 5.41) is 0.389. The predicted octanol–water partition coefficient (Wildman–Crippen LogP) is 4.51. The molecule has 2 aromatic carbocycles. The van der Waals surface area contributed by atoms with E-state index < -0.39 is 5.97 Å². The summed E-state index contributed by atoms with van der Waals surface area (Å²) in [5.41, 5.74) is 2.38. The van der Waals surface area contributed by atoms with Gasteiger partial charge >= 0.3 is 5.97 Å². The van der Waals surface area contributed by atoms with Crippen molar-refractivity contribution in [2.24, 2.45) is 0 Å². The Kier molecular flexibility index (Phi) is 5.21. The molecule has 0 bridgehead atoms. The van der Waals surface area contributed by atoms with Crippen molar-refractivity contribution in [2.45, 2.75) is 6.42 Å². The number of carbonyl (C=O) groups excluding carboxylic acids is 2. The van der Waals surface area contributed by atoms with Gasteiger partial charge in [0.05, 0.1) is 0 Å². The first-order valence-electron chi connectivity index (χ1n) is 8.99. The summed E-state index contributed by atoms with van der Waals surface area (Å²) in [4.78, 5) is 26.6. The van der Waals surface area contributed by atoms with Crippen molar-refractivity contribution >= 4 is 38.9 Å². The van der Waals surface area contributed by atoms with E-state index in [2.05, 4.69) is 12.1 Å². The first-order valence-corrected chi connectivity index (χ1v) is 9.81. The van der Waals surface area contributed by atoms with Crippen LogP contribution in [0.5, 0.6) is 0 Å². The van der Waals surface area contributed by atoms with Crippen LogP contribution in [-0.4, -0.2) is 36.5 Å². The molecule has 4 nitrogen and oxygen atoms in total. The van der Waals surface area contributed by atoms with Gasteiger partial charge < -0.3 is 9.64 Å². The van der Waals surface area contributed by atoms with Crippen molar-refractivity contribution < 1.29 is 18.7 Å². The number of rotatable bonds is 4. The smallest absolute Gasteiger partial charge is 0.348 e. The minimum absolute atomic E-state index is 0.232. The molecule has 6 heteroatoms. The Morgan fingerprint density at radius 2 is 1.93 bits per heavy atom. The molecule has 1 amide bonds. The molecule has 4 rings (SSSR count). The van der Waals surface area contributed by atoms with E-state index in [9.17, 15) is 14.0 Å². The lowest BCUT2D eigenvalue weighted by Crippen LogP contribution is -2.37. The second-order valence-electron chi connectivity index (χ2n) is 6.52. The van der Waals surface area contributed by atoms with Gasteiger partial charge in [-0.2, -0.15) is 0 Å². The number of hydrogen-bond acceptors (Lipinski definition) is 4. The third-order valence-corrected chi connectivity index (χ3v) is 5.82. The van der Waals surface area contributed by atoms with E-state index in [1.54, 1.807) is 17.0 Å². The van der Waals surface area contributed by atoms with Crippen LogP contribution in [0, 0.1) is 5.82 Å². The summed E-state index contributed by atoms with van der Waals surface area (Å²) in [7, 11) is 0. The molecule has 28 heavy (non-hydrogen) atoms. The highest BCUT2D eigenvalue weighted by molar-refractivity contribution is 7.20. The zero-order chi connectivity index (χ0) is 19.5. The molecule has 0 aliphatic carbocycles. The number of ether oxygens (including phenoxy) is 1. The van der Waals surface area contributed by atoms with Crippen molar-refractivity contribution in [1.29, 1.82) is 0 Å². The molecule has 2 heterocycles. The molecule has 1 aliphatic rings. The lowest BCUT2D eigenvalue weighted by molar-refractivity contribution is -0.134. The van der Waals surface area contributed by atoms with Crippen LogP contribution >= 0.6 is 11.3 Å². The Hall–Kier alpha value is -2.99. The summed E-state index contributed by atoms with van der Waals surface area (Å²) < 4.78 is 19.6. The van der Waals surface area contributed by atoms with Gasteiger partial charge in [0.1, 0.15) is 10.7 Å². The fourth-order valence-corrected chi connectivity index (χ4v) is 4.19. The maximum Gasteiger partial charge on any atom is 0.348 e. The molecular weight excluding hydrogens is 377 g/mol. The Labute approximate surface area is 165 Å². The first-order chi connectivity index (χ1) is 13.6. The summed E-state index contributed by atoms with van der Waals surface area (Å²) >= 11 is 1.16. The van der Waals surface area contributed by atoms with Gasteiger partial charge in [-0.1, -0.05) is 42.5 Å². The van der Waals surface area contributed by atoms with Crippen molar-refractivity contribution in [1.82, 2.24) is 4.90 Å². The lowest BCUT2D eigenvalue weighted by Gasteiger charge is -2.26. The fourth-order valence-electron chi connectivity index (χ4n) is 3.23. The highest BCUT2D eigenvalue weighted by Crippen LogP contribution is 2.28. The molecular formula is C22H18FNO3S. The summed E-state index contributed by atoms with van der Waals surface area (Å²) in [6.45, 7) is 0.768. The van der Waals surface area contributed by atoms with Crippen LogP contribution in [0.3, 0.4) is 0 Å². The number of halogens is 1. The number of fused-ring (bicyclic) bond motifs is 1. The monoisotopic (exact) mass is 395 g/mol. The molecule has 0 spiro atoms. The van der Waals surface area contributed by atoms with Crippen LogP contribution in [0.25, 0.3) is 15.7 Å². The molecule has 0 saturated heterocycles.